The lowest BCUT2D eigenvalue weighted by molar-refractivity contribution is -0.115. The molecular weight excluding hydrogens is 318 g/mol. The van der Waals surface area contributed by atoms with Crippen LogP contribution in [0.15, 0.2) is 29.8 Å². The number of benzene rings is 1. The minimum absolute atomic E-state index is 0.102. The topological polar surface area (TPSA) is 84.7 Å². The number of anilines is 2. The van der Waals surface area contributed by atoms with Crippen molar-refractivity contribution in [1.82, 2.24) is 0 Å². The second-order valence-electron chi connectivity index (χ2n) is 6.53. The standard InChI is InChI=1S/C19H25N3O3/c20-19(24)16-13-15(22-8-10-25-11-9-22)6-7-17(16)21-18(23)12-14-4-2-1-3-5-14/h4,6-7,13H,1-3,5,8-12H2,(H2,20,24)(H,21,23). The maximum atomic E-state index is 12.3. The Morgan fingerprint density at radius 1 is 1.20 bits per heavy atom. The van der Waals surface area contributed by atoms with E-state index < -0.39 is 5.91 Å². The number of allylic oxidation sites excluding steroid dienone is 1. The lowest BCUT2D eigenvalue weighted by Gasteiger charge is -2.29. The number of hydrogen-bond acceptors (Lipinski definition) is 4. The zero-order valence-electron chi connectivity index (χ0n) is 14.4. The van der Waals surface area contributed by atoms with Crippen molar-refractivity contribution in [2.75, 3.05) is 36.5 Å². The van der Waals surface area contributed by atoms with Crippen LogP contribution in [0.5, 0.6) is 0 Å². The molecule has 134 valence electrons. The molecule has 6 heteroatoms. The SMILES string of the molecule is NC(=O)c1cc(N2CCOCC2)ccc1NC(=O)CC1=CCCCC1. The van der Waals surface area contributed by atoms with Gasteiger partial charge in [-0.15, -0.1) is 0 Å². The molecule has 0 aromatic heterocycles. The number of amides is 2. The first-order chi connectivity index (χ1) is 12.1. The zero-order chi connectivity index (χ0) is 17.6. The van der Waals surface area contributed by atoms with E-state index in [4.69, 9.17) is 10.5 Å². The summed E-state index contributed by atoms with van der Waals surface area (Å²) in [5, 5.41) is 2.85. The average Bonchev–Trinajstić information content (AvgIpc) is 2.63. The van der Waals surface area contributed by atoms with Crippen molar-refractivity contribution in [3.05, 3.63) is 35.4 Å². The first kappa shape index (κ1) is 17.5. The summed E-state index contributed by atoms with van der Waals surface area (Å²) in [6.07, 6.45) is 6.89. The summed E-state index contributed by atoms with van der Waals surface area (Å²) >= 11 is 0. The minimum atomic E-state index is -0.540. The molecule has 1 aliphatic carbocycles. The number of nitrogens with one attached hydrogen (secondary N) is 1. The summed E-state index contributed by atoms with van der Waals surface area (Å²) in [5.41, 5.74) is 8.45. The van der Waals surface area contributed by atoms with Crippen molar-refractivity contribution < 1.29 is 14.3 Å². The van der Waals surface area contributed by atoms with Crippen LogP contribution < -0.4 is 16.0 Å². The number of primary amides is 1. The fourth-order valence-electron chi connectivity index (χ4n) is 3.33. The number of nitrogens with two attached hydrogens (primary N) is 1. The molecule has 3 rings (SSSR count). The van der Waals surface area contributed by atoms with Crippen molar-refractivity contribution in [3.8, 4) is 0 Å². The number of carbonyl (C=O) groups excluding carboxylic acids is 2. The van der Waals surface area contributed by atoms with E-state index >= 15 is 0 Å². The van der Waals surface area contributed by atoms with E-state index in [1.165, 1.54) is 12.0 Å². The molecule has 0 saturated carbocycles. The largest absolute Gasteiger partial charge is 0.378 e. The number of rotatable bonds is 5. The summed E-state index contributed by atoms with van der Waals surface area (Å²) in [5.74, 6) is -0.642. The average molecular weight is 343 g/mol. The molecule has 2 aliphatic rings. The van der Waals surface area contributed by atoms with Gasteiger partial charge in [-0.3, -0.25) is 9.59 Å². The molecule has 0 bridgehead atoms. The maximum absolute atomic E-state index is 12.3. The Labute approximate surface area is 148 Å². The van der Waals surface area contributed by atoms with Crippen LogP contribution in [-0.2, 0) is 9.53 Å². The van der Waals surface area contributed by atoms with E-state index in [0.29, 0.717) is 30.9 Å². The van der Waals surface area contributed by atoms with Crippen LogP contribution in [0, 0.1) is 0 Å². The van der Waals surface area contributed by atoms with Crippen LogP contribution in [0.25, 0.3) is 0 Å². The van der Waals surface area contributed by atoms with Crippen molar-refractivity contribution >= 4 is 23.2 Å². The van der Waals surface area contributed by atoms with E-state index in [1.807, 2.05) is 6.07 Å². The molecule has 1 aromatic rings. The molecule has 1 heterocycles. The lowest BCUT2D eigenvalue weighted by Crippen LogP contribution is -2.36. The second-order valence-corrected chi connectivity index (χ2v) is 6.53. The van der Waals surface area contributed by atoms with Gasteiger partial charge in [-0.1, -0.05) is 11.6 Å². The molecule has 0 unspecified atom stereocenters. The Morgan fingerprint density at radius 3 is 2.68 bits per heavy atom. The predicted molar refractivity (Wildman–Crippen MR) is 97.8 cm³/mol. The number of carbonyl (C=O) groups is 2. The molecule has 0 atom stereocenters. The Hall–Kier alpha value is -2.34. The van der Waals surface area contributed by atoms with Gasteiger partial charge in [0.25, 0.3) is 5.91 Å². The predicted octanol–water partition coefficient (Wildman–Crippen LogP) is 2.45. The van der Waals surface area contributed by atoms with Crippen molar-refractivity contribution in [2.45, 2.75) is 32.1 Å². The number of nitrogens with zero attached hydrogens (tertiary/aromatic N) is 1. The molecule has 3 N–H and O–H groups in total. The van der Waals surface area contributed by atoms with Gasteiger partial charge >= 0.3 is 0 Å². The van der Waals surface area contributed by atoms with Crippen molar-refractivity contribution in [3.63, 3.8) is 0 Å². The Bertz CT molecular complexity index is 678. The molecule has 1 aliphatic heterocycles. The summed E-state index contributed by atoms with van der Waals surface area (Å²) in [7, 11) is 0. The van der Waals surface area contributed by atoms with E-state index in [9.17, 15) is 9.59 Å². The highest BCUT2D eigenvalue weighted by Crippen LogP contribution is 2.25. The molecule has 25 heavy (non-hydrogen) atoms. The summed E-state index contributed by atoms with van der Waals surface area (Å²) in [6.45, 7) is 2.88. The van der Waals surface area contributed by atoms with Crippen molar-refractivity contribution in [1.29, 1.82) is 0 Å². The van der Waals surface area contributed by atoms with Crippen LogP contribution >= 0.6 is 0 Å². The fourth-order valence-corrected chi connectivity index (χ4v) is 3.33. The molecule has 6 nitrogen and oxygen atoms in total. The monoisotopic (exact) mass is 343 g/mol. The lowest BCUT2D eigenvalue weighted by atomic mass is 9.97. The van der Waals surface area contributed by atoms with Gasteiger partial charge in [0.2, 0.25) is 5.91 Å². The molecule has 0 radical (unpaired) electrons. The first-order valence-corrected chi connectivity index (χ1v) is 8.88. The number of ether oxygens (including phenoxy) is 1. The van der Waals surface area contributed by atoms with E-state index in [2.05, 4.69) is 16.3 Å². The highest BCUT2D eigenvalue weighted by atomic mass is 16.5. The highest BCUT2D eigenvalue weighted by Gasteiger charge is 2.17. The van der Waals surface area contributed by atoms with Crippen LogP contribution in [0.2, 0.25) is 0 Å². The Kier molecular flexibility index (Phi) is 5.71. The van der Waals surface area contributed by atoms with Gasteiger partial charge in [-0.05, 0) is 43.9 Å². The third-order valence-electron chi connectivity index (χ3n) is 4.69. The summed E-state index contributed by atoms with van der Waals surface area (Å²) in [4.78, 5) is 26.3. The fraction of sp³-hybridized carbons (Fsp3) is 0.474. The minimum Gasteiger partial charge on any atom is -0.378 e. The van der Waals surface area contributed by atoms with Gasteiger partial charge < -0.3 is 20.7 Å². The molecular formula is C19H25N3O3. The van der Waals surface area contributed by atoms with Crippen LogP contribution in [0.3, 0.4) is 0 Å². The van der Waals surface area contributed by atoms with Gasteiger partial charge in [-0.25, -0.2) is 0 Å². The van der Waals surface area contributed by atoms with Crippen LogP contribution in [-0.4, -0.2) is 38.1 Å². The molecule has 2 amide bonds. The van der Waals surface area contributed by atoms with E-state index in [1.54, 1.807) is 12.1 Å². The van der Waals surface area contributed by atoms with Gasteiger partial charge in [0, 0.05) is 25.2 Å². The van der Waals surface area contributed by atoms with E-state index in [0.717, 1.165) is 38.0 Å². The maximum Gasteiger partial charge on any atom is 0.250 e. The molecule has 1 aromatic carbocycles. The van der Waals surface area contributed by atoms with E-state index in [-0.39, 0.29) is 5.91 Å². The first-order valence-electron chi connectivity index (χ1n) is 8.88. The third kappa shape index (κ3) is 4.60. The van der Waals surface area contributed by atoms with Gasteiger partial charge in [0.1, 0.15) is 0 Å². The van der Waals surface area contributed by atoms with Gasteiger partial charge in [0.15, 0.2) is 0 Å². The number of morpholine rings is 1. The Morgan fingerprint density at radius 2 is 2.00 bits per heavy atom. The summed E-state index contributed by atoms with van der Waals surface area (Å²) < 4.78 is 5.35. The van der Waals surface area contributed by atoms with Crippen LogP contribution in [0.1, 0.15) is 42.5 Å². The van der Waals surface area contributed by atoms with Crippen LogP contribution in [0.4, 0.5) is 11.4 Å². The van der Waals surface area contributed by atoms with Gasteiger partial charge in [0.05, 0.1) is 24.5 Å². The smallest absolute Gasteiger partial charge is 0.250 e. The zero-order valence-corrected chi connectivity index (χ0v) is 14.4. The Balaban J connectivity index is 1.72. The number of hydrogen-bond donors (Lipinski definition) is 2. The molecule has 1 saturated heterocycles. The third-order valence-corrected chi connectivity index (χ3v) is 4.69. The quantitative estimate of drug-likeness (QED) is 0.804. The highest BCUT2D eigenvalue weighted by molar-refractivity contribution is 6.04. The van der Waals surface area contributed by atoms with Gasteiger partial charge in [-0.2, -0.15) is 0 Å². The molecule has 1 fully saturated rings. The molecule has 0 spiro atoms. The second kappa shape index (κ2) is 8.16. The summed E-state index contributed by atoms with van der Waals surface area (Å²) in [6, 6.07) is 5.43. The normalized spacial score (nSPS) is 17.8. The van der Waals surface area contributed by atoms with Crippen molar-refractivity contribution in [2.24, 2.45) is 5.73 Å².